The van der Waals surface area contributed by atoms with E-state index in [0.717, 1.165) is 42.2 Å². The number of amides is 1. The summed E-state index contributed by atoms with van der Waals surface area (Å²) < 4.78 is 0. The maximum absolute atomic E-state index is 12.7. The SMILES string of the molecule is Cc1cccc(C)c1NC(=O)C1CCCCN1CC1CC1. The Bertz CT molecular complexity index is 502. The summed E-state index contributed by atoms with van der Waals surface area (Å²) in [5, 5.41) is 3.19. The Morgan fingerprint density at radius 3 is 2.57 bits per heavy atom. The number of rotatable bonds is 4. The number of piperidine rings is 1. The van der Waals surface area contributed by atoms with Crippen molar-refractivity contribution in [2.24, 2.45) is 5.92 Å². The summed E-state index contributed by atoms with van der Waals surface area (Å²) in [6.45, 7) is 6.32. The van der Waals surface area contributed by atoms with Gasteiger partial charge in [0.05, 0.1) is 6.04 Å². The molecule has 1 saturated heterocycles. The van der Waals surface area contributed by atoms with Crippen LogP contribution in [0, 0.1) is 19.8 Å². The quantitative estimate of drug-likeness (QED) is 0.918. The highest BCUT2D eigenvalue weighted by molar-refractivity contribution is 5.96. The normalized spacial score (nSPS) is 23.0. The highest BCUT2D eigenvalue weighted by Crippen LogP contribution is 2.32. The molecule has 21 heavy (non-hydrogen) atoms. The van der Waals surface area contributed by atoms with Gasteiger partial charge in [-0.25, -0.2) is 0 Å². The molecule has 1 amide bonds. The number of hydrogen-bond acceptors (Lipinski definition) is 2. The minimum Gasteiger partial charge on any atom is -0.324 e. The number of carbonyl (C=O) groups excluding carboxylic acids is 1. The van der Waals surface area contributed by atoms with Crippen LogP contribution in [-0.4, -0.2) is 29.9 Å². The molecule has 1 saturated carbocycles. The van der Waals surface area contributed by atoms with Gasteiger partial charge in [-0.3, -0.25) is 9.69 Å². The summed E-state index contributed by atoms with van der Waals surface area (Å²) in [5.41, 5.74) is 3.29. The maximum atomic E-state index is 12.7. The lowest BCUT2D eigenvalue weighted by Gasteiger charge is -2.35. The van der Waals surface area contributed by atoms with E-state index < -0.39 is 0 Å². The molecular weight excluding hydrogens is 260 g/mol. The molecule has 3 rings (SSSR count). The predicted octanol–water partition coefficient (Wildman–Crippen LogP) is 3.51. The average molecular weight is 286 g/mol. The van der Waals surface area contributed by atoms with Crippen molar-refractivity contribution in [3.63, 3.8) is 0 Å². The molecule has 1 aliphatic heterocycles. The topological polar surface area (TPSA) is 32.3 Å². The summed E-state index contributed by atoms with van der Waals surface area (Å²) in [5.74, 6) is 1.03. The van der Waals surface area contributed by atoms with E-state index in [0.29, 0.717) is 0 Å². The van der Waals surface area contributed by atoms with Gasteiger partial charge in [0.25, 0.3) is 0 Å². The van der Waals surface area contributed by atoms with Gasteiger partial charge < -0.3 is 5.32 Å². The van der Waals surface area contributed by atoms with E-state index in [1.54, 1.807) is 0 Å². The number of carbonyl (C=O) groups is 1. The molecule has 0 radical (unpaired) electrons. The molecule has 0 bridgehead atoms. The molecule has 3 nitrogen and oxygen atoms in total. The van der Waals surface area contributed by atoms with E-state index in [-0.39, 0.29) is 11.9 Å². The molecule has 2 fully saturated rings. The van der Waals surface area contributed by atoms with E-state index in [2.05, 4.69) is 36.2 Å². The minimum atomic E-state index is 0.0679. The van der Waals surface area contributed by atoms with Crippen LogP contribution in [-0.2, 0) is 4.79 Å². The van der Waals surface area contributed by atoms with Crippen LogP contribution in [0.15, 0.2) is 18.2 Å². The fourth-order valence-corrected chi connectivity index (χ4v) is 3.36. The molecule has 1 atom stereocenters. The Morgan fingerprint density at radius 1 is 1.19 bits per heavy atom. The number of nitrogens with one attached hydrogen (secondary N) is 1. The fourth-order valence-electron chi connectivity index (χ4n) is 3.36. The number of benzene rings is 1. The number of aryl methyl sites for hydroxylation is 2. The maximum Gasteiger partial charge on any atom is 0.241 e. The van der Waals surface area contributed by atoms with Crippen molar-refractivity contribution < 1.29 is 4.79 Å². The van der Waals surface area contributed by atoms with Gasteiger partial charge >= 0.3 is 0 Å². The molecule has 1 aromatic rings. The molecular formula is C18H26N2O. The summed E-state index contributed by atoms with van der Waals surface area (Å²) in [4.78, 5) is 15.2. The summed E-state index contributed by atoms with van der Waals surface area (Å²) in [6, 6.07) is 6.23. The second-order valence-corrected chi connectivity index (χ2v) is 6.71. The van der Waals surface area contributed by atoms with Gasteiger partial charge in [0.2, 0.25) is 5.91 Å². The summed E-state index contributed by atoms with van der Waals surface area (Å²) in [7, 11) is 0. The van der Waals surface area contributed by atoms with Crippen LogP contribution in [0.25, 0.3) is 0 Å². The van der Waals surface area contributed by atoms with Gasteiger partial charge in [-0.2, -0.15) is 0 Å². The third-order valence-corrected chi connectivity index (χ3v) is 4.84. The molecule has 2 aliphatic rings. The van der Waals surface area contributed by atoms with Gasteiger partial charge in [0.15, 0.2) is 0 Å². The number of nitrogens with zero attached hydrogens (tertiary/aromatic N) is 1. The first kappa shape index (κ1) is 14.6. The molecule has 1 aromatic carbocycles. The van der Waals surface area contributed by atoms with Crippen LogP contribution in [0.1, 0.15) is 43.2 Å². The van der Waals surface area contributed by atoms with Crippen LogP contribution in [0.5, 0.6) is 0 Å². The first-order valence-electron chi connectivity index (χ1n) is 8.26. The van der Waals surface area contributed by atoms with Crippen molar-refractivity contribution in [2.45, 2.75) is 52.0 Å². The molecule has 114 valence electrons. The van der Waals surface area contributed by atoms with Crippen LogP contribution < -0.4 is 5.32 Å². The standard InChI is InChI=1S/C18H26N2O/c1-13-6-5-7-14(2)17(13)19-18(21)16-8-3-4-11-20(16)12-15-9-10-15/h5-7,15-16H,3-4,8-12H2,1-2H3,(H,19,21). The van der Waals surface area contributed by atoms with Crippen molar-refractivity contribution in [2.75, 3.05) is 18.4 Å². The van der Waals surface area contributed by atoms with Crippen molar-refractivity contribution in [3.8, 4) is 0 Å². The van der Waals surface area contributed by atoms with Gasteiger partial charge in [-0.05, 0) is 63.1 Å². The Morgan fingerprint density at radius 2 is 1.90 bits per heavy atom. The van der Waals surface area contributed by atoms with Gasteiger partial charge in [0, 0.05) is 12.2 Å². The third-order valence-electron chi connectivity index (χ3n) is 4.84. The monoisotopic (exact) mass is 286 g/mol. The van der Waals surface area contributed by atoms with Gasteiger partial charge in [-0.1, -0.05) is 24.6 Å². The Kier molecular flexibility index (Phi) is 4.29. The van der Waals surface area contributed by atoms with Crippen LogP contribution in [0.2, 0.25) is 0 Å². The molecule has 0 spiro atoms. The van der Waals surface area contributed by atoms with Crippen LogP contribution in [0.4, 0.5) is 5.69 Å². The molecule has 1 heterocycles. The fraction of sp³-hybridized carbons (Fsp3) is 0.611. The lowest BCUT2D eigenvalue weighted by Crippen LogP contribution is -2.48. The van der Waals surface area contributed by atoms with Crippen molar-refractivity contribution in [1.82, 2.24) is 4.90 Å². The first-order valence-corrected chi connectivity index (χ1v) is 8.26. The highest BCUT2D eigenvalue weighted by atomic mass is 16.2. The molecule has 1 aliphatic carbocycles. The largest absolute Gasteiger partial charge is 0.324 e. The second kappa shape index (κ2) is 6.18. The zero-order valence-electron chi connectivity index (χ0n) is 13.2. The Labute approximate surface area is 127 Å². The Hall–Kier alpha value is -1.35. The highest BCUT2D eigenvalue weighted by Gasteiger charge is 2.33. The third kappa shape index (κ3) is 3.46. The number of hydrogen-bond donors (Lipinski definition) is 1. The van der Waals surface area contributed by atoms with E-state index in [4.69, 9.17) is 0 Å². The van der Waals surface area contributed by atoms with Crippen molar-refractivity contribution in [3.05, 3.63) is 29.3 Å². The van der Waals surface area contributed by atoms with Crippen molar-refractivity contribution in [1.29, 1.82) is 0 Å². The van der Waals surface area contributed by atoms with E-state index in [9.17, 15) is 4.79 Å². The zero-order chi connectivity index (χ0) is 14.8. The van der Waals surface area contributed by atoms with Crippen LogP contribution in [0.3, 0.4) is 0 Å². The first-order chi connectivity index (χ1) is 10.1. The second-order valence-electron chi connectivity index (χ2n) is 6.71. The van der Waals surface area contributed by atoms with E-state index in [1.807, 2.05) is 6.07 Å². The van der Waals surface area contributed by atoms with Gasteiger partial charge in [-0.15, -0.1) is 0 Å². The number of likely N-dealkylation sites (tertiary alicyclic amines) is 1. The predicted molar refractivity (Wildman–Crippen MR) is 86.5 cm³/mol. The van der Waals surface area contributed by atoms with Crippen LogP contribution >= 0.6 is 0 Å². The number of para-hydroxylation sites is 1. The summed E-state index contributed by atoms with van der Waals surface area (Å²) in [6.07, 6.45) is 6.11. The Balaban J connectivity index is 1.70. The lowest BCUT2D eigenvalue weighted by molar-refractivity contribution is -0.122. The molecule has 1 unspecified atom stereocenters. The zero-order valence-corrected chi connectivity index (χ0v) is 13.2. The van der Waals surface area contributed by atoms with Crippen molar-refractivity contribution >= 4 is 11.6 Å². The smallest absolute Gasteiger partial charge is 0.241 e. The van der Waals surface area contributed by atoms with E-state index in [1.165, 1.54) is 25.7 Å². The molecule has 3 heteroatoms. The van der Waals surface area contributed by atoms with Gasteiger partial charge in [0.1, 0.15) is 0 Å². The average Bonchev–Trinajstić information content (AvgIpc) is 3.27. The molecule has 0 aromatic heterocycles. The lowest BCUT2D eigenvalue weighted by atomic mass is 10.00. The number of anilines is 1. The molecule has 1 N–H and O–H groups in total. The minimum absolute atomic E-state index is 0.0679. The summed E-state index contributed by atoms with van der Waals surface area (Å²) >= 11 is 0. The van der Waals surface area contributed by atoms with E-state index >= 15 is 0 Å².